The van der Waals surface area contributed by atoms with Gasteiger partial charge in [0.2, 0.25) is 0 Å². The Bertz CT molecular complexity index is 205. The van der Waals surface area contributed by atoms with E-state index in [4.69, 9.17) is 10.8 Å². The van der Waals surface area contributed by atoms with Crippen LogP contribution in [0, 0.1) is 12.3 Å². The van der Waals surface area contributed by atoms with Gasteiger partial charge in [-0.2, -0.15) is 0 Å². The second-order valence-corrected chi connectivity index (χ2v) is 1.69. The van der Waals surface area contributed by atoms with Crippen LogP contribution in [0.3, 0.4) is 0 Å². The molecule has 0 amide bonds. The number of carboxylic acid groups (broad SMARTS) is 1. The highest BCUT2D eigenvalue weighted by molar-refractivity contribution is 5.87. The van der Waals surface area contributed by atoms with Crippen LogP contribution in [0.4, 0.5) is 0 Å². The van der Waals surface area contributed by atoms with Gasteiger partial charge in [-0.3, -0.25) is 4.79 Å². The molecule has 0 aliphatic rings. The highest BCUT2D eigenvalue weighted by Gasteiger charge is 2.12. The van der Waals surface area contributed by atoms with Crippen LogP contribution in [0.1, 0.15) is 0 Å². The van der Waals surface area contributed by atoms with Crippen LogP contribution < -0.4 is 5.73 Å². The summed E-state index contributed by atoms with van der Waals surface area (Å²) in [5, 5.41) is 8.20. The number of terminal acetylenes is 1. The third-order valence-electron chi connectivity index (χ3n) is 0.829. The monoisotopic (exact) mass is 157 g/mol. The molecule has 5 nitrogen and oxygen atoms in total. The van der Waals surface area contributed by atoms with Gasteiger partial charge in [-0.1, -0.05) is 0 Å². The predicted octanol–water partition coefficient (Wildman–Crippen LogP) is -1.43. The molecule has 1 unspecified atom stereocenters. The Kier molecular flexibility index (Phi) is 3.70. The van der Waals surface area contributed by atoms with E-state index in [1.54, 1.807) is 5.92 Å². The van der Waals surface area contributed by atoms with E-state index in [1.165, 1.54) is 0 Å². The maximum absolute atomic E-state index is 10.2. The predicted molar refractivity (Wildman–Crippen MR) is 35.4 cm³/mol. The molecule has 3 N–H and O–H groups in total. The lowest BCUT2D eigenvalue weighted by molar-refractivity contribution is -0.143. The lowest BCUT2D eigenvalue weighted by atomic mass is 10.3. The Morgan fingerprint density at radius 2 is 2.27 bits per heavy atom. The van der Waals surface area contributed by atoms with E-state index in [0.717, 1.165) is 0 Å². The molecule has 11 heavy (non-hydrogen) atoms. The van der Waals surface area contributed by atoms with Gasteiger partial charge in [0.05, 0.1) is 0 Å². The van der Waals surface area contributed by atoms with E-state index in [0.29, 0.717) is 0 Å². The smallest absolute Gasteiger partial charge is 0.384 e. The van der Waals surface area contributed by atoms with Gasteiger partial charge in [-0.15, -0.1) is 6.42 Å². The molecule has 0 aromatic carbocycles. The van der Waals surface area contributed by atoms with E-state index in [1.807, 2.05) is 0 Å². The number of rotatable bonds is 3. The number of hydrogen-bond donors (Lipinski definition) is 2. The second-order valence-electron chi connectivity index (χ2n) is 1.69. The van der Waals surface area contributed by atoms with E-state index < -0.39 is 24.6 Å². The molecule has 0 aliphatic heterocycles. The van der Waals surface area contributed by atoms with Gasteiger partial charge in [0.25, 0.3) is 0 Å². The van der Waals surface area contributed by atoms with Crippen LogP contribution in [0.2, 0.25) is 0 Å². The Hall–Kier alpha value is -1.54. The maximum atomic E-state index is 10.2. The van der Waals surface area contributed by atoms with Crippen LogP contribution >= 0.6 is 0 Å². The minimum absolute atomic E-state index is 0.404. The summed E-state index contributed by atoms with van der Waals surface area (Å²) in [4.78, 5) is 20.3. The fraction of sp³-hybridized carbons (Fsp3) is 0.333. The molecule has 0 aliphatic carbocycles. The SMILES string of the molecule is C#CC(=O)OCC(N)C(=O)O. The fourth-order valence-corrected chi connectivity index (χ4v) is 0.278. The zero-order chi connectivity index (χ0) is 8.85. The van der Waals surface area contributed by atoms with Crippen molar-refractivity contribution < 1.29 is 19.4 Å². The largest absolute Gasteiger partial charge is 0.480 e. The molecule has 0 bridgehead atoms. The van der Waals surface area contributed by atoms with Crippen LogP contribution in [0.15, 0.2) is 0 Å². The summed E-state index contributed by atoms with van der Waals surface area (Å²) < 4.78 is 4.23. The summed E-state index contributed by atoms with van der Waals surface area (Å²) in [5.41, 5.74) is 4.97. The lowest BCUT2D eigenvalue weighted by Gasteiger charge is -2.04. The summed E-state index contributed by atoms with van der Waals surface area (Å²) in [6, 6.07) is -1.22. The normalized spacial score (nSPS) is 11.3. The molecule has 1 atom stereocenters. The van der Waals surface area contributed by atoms with Crippen molar-refractivity contribution in [2.24, 2.45) is 5.73 Å². The molecule has 0 aromatic heterocycles. The highest BCUT2D eigenvalue weighted by Crippen LogP contribution is 1.82. The zero-order valence-electron chi connectivity index (χ0n) is 5.61. The Labute approximate surface area is 63.1 Å². The van der Waals surface area contributed by atoms with E-state index in [-0.39, 0.29) is 0 Å². The molecule has 0 fully saturated rings. The van der Waals surface area contributed by atoms with Gasteiger partial charge in [0, 0.05) is 5.92 Å². The Balaban J connectivity index is 3.64. The van der Waals surface area contributed by atoms with Crippen molar-refractivity contribution in [2.75, 3.05) is 6.61 Å². The van der Waals surface area contributed by atoms with Gasteiger partial charge < -0.3 is 15.6 Å². The second kappa shape index (κ2) is 4.30. The van der Waals surface area contributed by atoms with E-state index in [2.05, 4.69) is 11.2 Å². The van der Waals surface area contributed by atoms with Gasteiger partial charge in [0.15, 0.2) is 0 Å². The van der Waals surface area contributed by atoms with E-state index in [9.17, 15) is 9.59 Å². The summed E-state index contributed by atoms with van der Waals surface area (Å²) in [6.07, 6.45) is 4.62. The summed E-state index contributed by atoms with van der Waals surface area (Å²) >= 11 is 0. The van der Waals surface area contributed by atoms with Crippen molar-refractivity contribution in [3.8, 4) is 12.3 Å². The van der Waals surface area contributed by atoms with Crippen LogP contribution in [0.5, 0.6) is 0 Å². The van der Waals surface area contributed by atoms with Crippen molar-refractivity contribution in [2.45, 2.75) is 6.04 Å². The first-order chi connectivity index (χ1) is 5.07. The number of carboxylic acids is 1. The first kappa shape index (κ1) is 9.46. The molecule has 0 saturated carbocycles. The fourth-order valence-electron chi connectivity index (χ4n) is 0.278. The van der Waals surface area contributed by atoms with Crippen LogP contribution in [-0.2, 0) is 14.3 Å². The van der Waals surface area contributed by atoms with Crippen molar-refractivity contribution in [1.29, 1.82) is 0 Å². The lowest BCUT2D eigenvalue weighted by Crippen LogP contribution is -2.35. The number of nitrogens with two attached hydrogens (primary N) is 1. The molecule has 0 rings (SSSR count). The maximum Gasteiger partial charge on any atom is 0.384 e. The standard InChI is InChI=1S/C6H7NO4/c1-2-5(8)11-3-4(7)6(9)10/h1,4H,3,7H2,(H,9,10). The van der Waals surface area contributed by atoms with Gasteiger partial charge >= 0.3 is 11.9 Å². The molecule has 0 radical (unpaired) electrons. The van der Waals surface area contributed by atoms with Crippen molar-refractivity contribution in [3.05, 3.63) is 0 Å². The molecular weight excluding hydrogens is 150 g/mol. The molecule has 0 saturated heterocycles. The summed E-state index contributed by atoms with van der Waals surface area (Å²) in [5.74, 6) is -0.506. The first-order valence-electron chi connectivity index (χ1n) is 2.69. The minimum atomic E-state index is -1.24. The summed E-state index contributed by atoms with van der Waals surface area (Å²) in [6.45, 7) is -0.404. The average molecular weight is 157 g/mol. The Morgan fingerprint density at radius 3 is 2.64 bits per heavy atom. The van der Waals surface area contributed by atoms with Crippen molar-refractivity contribution in [3.63, 3.8) is 0 Å². The Morgan fingerprint density at radius 1 is 1.73 bits per heavy atom. The van der Waals surface area contributed by atoms with Crippen LogP contribution in [-0.4, -0.2) is 29.7 Å². The van der Waals surface area contributed by atoms with Crippen molar-refractivity contribution in [1.82, 2.24) is 0 Å². The van der Waals surface area contributed by atoms with Crippen molar-refractivity contribution >= 4 is 11.9 Å². The van der Waals surface area contributed by atoms with Gasteiger partial charge in [-0.25, -0.2) is 4.79 Å². The molecule has 0 spiro atoms. The quantitative estimate of drug-likeness (QED) is 0.298. The number of carbonyl (C=O) groups excluding carboxylic acids is 1. The average Bonchev–Trinajstić information content (AvgIpc) is 1.99. The molecule has 60 valence electrons. The van der Waals surface area contributed by atoms with Gasteiger partial charge in [-0.05, 0) is 0 Å². The first-order valence-corrected chi connectivity index (χ1v) is 2.69. The zero-order valence-corrected chi connectivity index (χ0v) is 5.61. The number of hydrogen-bond acceptors (Lipinski definition) is 4. The number of esters is 1. The number of aliphatic carboxylic acids is 1. The van der Waals surface area contributed by atoms with E-state index >= 15 is 0 Å². The highest BCUT2D eigenvalue weighted by atomic mass is 16.5. The van der Waals surface area contributed by atoms with Gasteiger partial charge in [0.1, 0.15) is 12.6 Å². The molecular formula is C6H7NO4. The number of carbonyl (C=O) groups is 2. The molecule has 0 heterocycles. The number of ether oxygens (including phenoxy) is 1. The minimum Gasteiger partial charge on any atom is -0.480 e. The summed E-state index contributed by atoms with van der Waals surface area (Å²) in [7, 11) is 0. The molecule has 0 aromatic rings. The third kappa shape index (κ3) is 3.95. The third-order valence-corrected chi connectivity index (χ3v) is 0.829. The molecule has 5 heteroatoms. The topological polar surface area (TPSA) is 89.6 Å². The van der Waals surface area contributed by atoms with Crippen LogP contribution in [0.25, 0.3) is 0 Å².